The van der Waals surface area contributed by atoms with Gasteiger partial charge in [0.2, 0.25) is 0 Å². The molecule has 0 bridgehead atoms. The second kappa shape index (κ2) is 19.5. The van der Waals surface area contributed by atoms with Gasteiger partial charge in [-0.15, -0.1) is 0 Å². The molecule has 0 saturated heterocycles. The Kier molecular flexibility index (Phi) is 15.2. The predicted octanol–water partition coefficient (Wildman–Crippen LogP) is 8.11. The van der Waals surface area contributed by atoms with Gasteiger partial charge in [0.05, 0.1) is 24.2 Å². The van der Waals surface area contributed by atoms with Crippen LogP contribution in [-0.4, -0.2) is 61.8 Å². The zero-order valence-corrected chi connectivity index (χ0v) is 30.2. The van der Waals surface area contributed by atoms with Crippen LogP contribution in [0.4, 0.5) is 0 Å². The van der Waals surface area contributed by atoms with E-state index in [0.717, 1.165) is 35.3 Å². The van der Waals surface area contributed by atoms with Gasteiger partial charge in [0.1, 0.15) is 37.9 Å². The Morgan fingerprint density at radius 3 is 2.06 bits per heavy atom. The van der Waals surface area contributed by atoms with E-state index in [0.29, 0.717) is 11.5 Å². The fourth-order valence-electron chi connectivity index (χ4n) is 6.79. The van der Waals surface area contributed by atoms with Gasteiger partial charge in [0, 0.05) is 6.07 Å². The molecule has 0 spiro atoms. The minimum Gasteiger partial charge on any atom is -0.490 e. The van der Waals surface area contributed by atoms with E-state index in [9.17, 15) is 14.7 Å². The van der Waals surface area contributed by atoms with E-state index in [-0.39, 0.29) is 38.6 Å². The van der Waals surface area contributed by atoms with Gasteiger partial charge in [-0.1, -0.05) is 61.9 Å². The van der Waals surface area contributed by atoms with E-state index in [4.69, 9.17) is 24.1 Å². The molecule has 0 aromatic heterocycles. The summed E-state index contributed by atoms with van der Waals surface area (Å²) in [6.07, 6.45) is 18.6. The summed E-state index contributed by atoms with van der Waals surface area (Å²) in [6.45, 7) is 8.25. The topological polar surface area (TPSA) is 112 Å². The molecule has 8 heteroatoms. The molecule has 0 heterocycles. The SMILES string of the molecule is C=C(CO)C(=O)OCCOc1cc(OCCOC(=O)C(C)(C)CO)cc(-c2ccc(C3=CCC(C4CCC(CC/C=C/C)CC4)CC3)cc2)c1. The van der Waals surface area contributed by atoms with Gasteiger partial charge in [-0.05, 0) is 118 Å². The lowest BCUT2D eigenvalue weighted by Crippen LogP contribution is -2.31. The second-order valence-corrected chi connectivity index (χ2v) is 14.2. The first kappa shape index (κ1) is 38.9. The van der Waals surface area contributed by atoms with Crippen molar-refractivity contribution < 1.29 is 38.7 Å². The quantitative estimate of drug-likeness (QED) is 0.0700. The summed E-state index contributed by atoms with van der Waals surface area (Å²) in [4.78, 5) is 24.0. The maximum atomic E-state index is 12.2. The molecular formula is C42H56O8. The normalized spacial score (nSPS) is 19.5. The molecule has 4 rings (SSSR count). The van der Waals surface area contributed by atoms with Gasteiger partial charge in [-0.3, -0.25) is 4.79 Å². The van der Waals surface area contributed by atoms with Crippen molar-refractivity contribution in [3.05, 3.63) is 78.4 Å². The molecule has 50 heavy (non-hydrogen) atoms. The Morgan fingerprint density at radius 1 is 0.840 bits per heavy atom. The summed E-state index contributed by atoms with van der Waals surface area (Å²) < 4.78 is 22.3. The first-order valence-corrected chi connectivity index (χ1v) is 18.2. The van der Waals surface area contributed by atoms with E-state index in [1.54, 1.807) is 19.9 Å². The van der Waals surface area contributed by atoms with E-state index in [1.165, 1.54) is 62.5 Å². The van der Waals surface area contributed by atoms with E-state index in [2.05, 4.69) is 56.0 Å². The van der Waals surface area contributed by atoms with Crippen LogP contribution in [-0.2, 0) is 19.1 Å². The van der Waals surface area contributed by atoms with Crippen LogP contribution in [0.3, 0.4) is 0 Å². The third-order valence-electron chi connectivity index (χ3n) is 10.1. The zero-order valence-electron chi connectivity index (χ0n) is 30.2. The molecule has 2 aliphatic carbocycles. The van der Waals surface area contributed by atoms with Crippen molar-refractivity contribution in [1.82, 2.24) is 0 Å². The number of allylic oxidation sites excluding steroid dienone is 4. The van der Waals surface area contributed by atoms with Crippen molar-refractivity contribution in [2.45, 2.75) is 78.6 Å². The molecule has 2 aromatic rings. The fraction of sp³-hybridized carbons (Fsp3) is 0.524. The minimum atomic E-state index is -0.986. The van der Waals surface area contributed by atoms with Crippen molar-refractivity contribution in [2.75, 3.05) is 39.6 Å². The molecule has 1 atom stereocenters. The number of carbonyl (C=O) groups is 2. The van der Waals surface area contributed by atoms with Gasteiger partial charge < -0.3 is 29.2 Å². The molecule has 0 amide bonds. The van der Waals surface area contributed by atoms with Gasteiger partial charge in [0.15, 0.2) is 0 Å². The maximum Gasteiger partial charge on any atom is 0.335 e. The second-order valence-electron chi connectivity index (χ2n) is 14.2. The predicted molar refractivity (Wildman–Crippen MR) is 197 cm³/mol. The lowest BCUT2D eigenvalue weighted by Gasteiger charge is -2.35. The number of benzene rings is 2. The Bertz CT molecular complexity index is 1460. The monoisotopic (exact) mass is 688 g/mol. The summed E-state index contributed by atoms with van der Waals surface area (Å²) in [7, 11) is 0. The molecule has 2 N–H and O–H groups in total. The third-order valence-corrected chi connectivity index (χ3v) is 10.1. The Hall–Kier alpha value is -3.88. The lowest BCUT2D eigenvalue weighted by atomic mass is 9.70. The van der Waals surface area contributed by atoms with Crippen molar-refractivity contribution >= 4 is 17.5 Å². The van der Waals surface area contributed by atoms with Crippen molar-refractivity contribution in [3.63, 3.8) is 0 Å². The number of aliphatic hydroxyl groups excluding tert-OH is 2. The highest BCUT2D eigenvalue weighted by molar-refractivity contribution is 5.87. The van der Waals surface area contributed by atoms with Crippen LogP contribution in [0.2, 0.25) is 0 Å². The molecule has 0 aliphatic heterocycles. The summed E-state index contributed by atoms with van der Waals surface area (Å²) >= 11 is 0. The van der Waals surface area contributed by atoms with Crippen LogP contribution >= 0.6 is 0 Å². The standard InChI is InChI=1S/C42H56O8/c1-5-6-7-8-31-9-11-32(12-10-31)33-13-15-34(16-14-33)35-17-19-36(20-18-35)37-25-38(47-21-23-49-40(45)30(2)28-43)27-39(26-37)48-22-24-50-41(46)42(3,4)29-44/h5-6,15,17-20,25-27,31-33,43-44H,2,7-14,16,21-24,28-29H2,1,3-4H3/b6-5+. The number of ether oxygens (including phenoxy) is 4. The highest BCUT2D eigenvalue weighted by atomic mass is 16.6. The van der Waals surface area contributed by atoms with E-state index < -0.39 is 24.0 Å². The van der Waals surface area contributed by atoms with Crippen molar-refractivity contribution in [2.24, 2.45) is 23.2 Å². The first-order chi connectivity index (χ1) is 24.1. The number of hydrogen-bond donors (Lipinski definition) is 2. The largest absolute Gasteiger partial charge is 0.490 e. The fourth-order valence-corrected chi connectivity index (χ4v) is 6.79. The van der Waals surface area contributed by atoms with E-state index >= 15 is 0 Å². The molecule has 272 valence electrons. The van der Waals surface area contributed by atoms with Crippen LogP contribution in [0.15, 0.2) is 72.8 Å². The van der Waals surface area contributed by atoms with Crippen LogP contribution in [0.5, 0.6) is 11.5 Å². The number of aliphatic hydroxyl groups is 2. The molecule has 2 aromatic carbocycles. The highest BCUT2D eigenvalue weighted by Crippen LogP contribution is 2.42. The molecular weight excluding hydrogens is 632 g/mol. The number of hydrogen-bond acceptors (Lipinski definition) is 8. The van der Waals surface area contributed by atoms with Crippen LogP contribution in [0.1, 0.15) is 84.1 Å². The summed E-state index contributed by atoms with van der Waals surface area (Å²) in [5.74, 6) is 2.45. The van der Waals surface area contributed by atoms with Crippen LogP contribution in [0, 0.1) is 23.2 Å². The van der Waals surface area contributed by atoms with Gasteiger partial charge in [-0.25, -0.2) is 4.79 Å². The zero-order chi connectivity index (χ0) is 35.9. The van der Waals surface area contributed by atoms with E-state index in [1.807, 2.05) is 12.1 Å². The molecule has 8 nitrogen and oxygen atoms in total. The molecule has 1 fully saturated rings. The smallest absolute Gasteiger partial charge is 0.335 e. The van der Waals surface area contributed by atoms with Crippen LogP contribution < -0.4 is 9.47 Å². The first-order valence-electron chi connectivity index (χ1n) is 18.2. The molecule has 1 saturated carbocycles. The number of carbonyl (C=O) groups excluding carboxylic acids is 2. The minimum absolute atomic E-state index is 0.0162. The summed E-state index contributed by atoms with van der Waals surface area (Å²) in [5.41, 5.74) is 3.54. The highest BCUT2D eigenvalue weighted by Gasteiger charge is 2.29. The van der Waals surface area contributed by atoms with Gasteiger partial charge in [0.25, 0.3) is 0 Å². The summed E-state index contributed by atoms with van der Waals surface area (Å²) in [5, 5.41) is 18.5. The van der Waals surface area contributed by atoms with Crippen molar-refractivity contribution in [1.29, 1.82) is 0 Å². The van der Waals surface area contributed by atoms with Gasteiger partial charge in [-0.2, -0.15) is 0 Å². The number of esters is 2. The Balaban J connectivity index is 1.38. The Labute approximate surface area is 298 Å². The third kappa shape index (κ3) is 11.6. The maximum absolute atomic E-state index is 12.2. The average molecular weight is 689 g/mol. The lowest BCUT2D eigenvalue weighted by molar-refractivity contribution is -0.156. The summed E-state index contributed by atoms with van der Waals surface area (Å²) in [6, 6.07) is 14.1. The van der Waals surface area contributed by atoms with Gasteiger partial charge >= 0.3 is 11.9 Å². The van der Waals surface area contributed by atoms with Crippen molar-refractivity contribution in [3.8, 4) is 22.6 Å². The molecule has 2 aliphatic rings. The number of rotatable bonds is 18. The molecule has 1 unspecified atom stereocenters. The average Bonchev–Trinajstić information content (AvgIpc) is 3.15. The Morgan fingerprint density at radius 2 is 1.48 bits per heavy atom. The molecule has 0 radical (unpaired) electrons. The van der Waals surface area contributed by atoms with Crippen LogP contribution in [0.25, 0.3) is 16.7 Å².